The number of pyridine rings is 1. The SMILES string of the molecule is O=C(Nc1ccc(NC2CC2)cn1)c1cccc(Br)c1. The third kappa shape index (κ3) is 3.36. The molecule has 0 unspecified atom stereocenters. The summed E-state index contributed by atoms with van der Waals surface area (Å²) in [6, 6.07) is 11.6. The Balaban J connectivity index is 1.65. The van der Waals surface area contributed by atoms with E-state index in [1.807, 2.05) is 18.2 Å². The number of halogens is 1. The van der Waals surface area contributed by atoms with Crippen LogP contribution in [0.3, 0.4) is 0 Å². The second-order valence-corrected chi connectivity index (χ2v) is 5.73. The summed E-state index contributed by atoms with van der Waals surface area (Å²) in [5.41, 5.74) is 1.59. The van der Waals surface area contributed by atoms with Crippen molar-refractivity contribution < 1.29 is 4.79 Å². The Hall–Kier alpha value is -1.88. The zero-order valence-electron chi connectivity index (χ0n) is 10.8. The monoisotopic (exact) mass is 331 g/mol. The van der Waals surface area contributed by atoms with Crippen LogP contribution in [0, 0.1) is 0 Å². The molecule has 1 amide bonds. The molecular weight excluding hydrogens is 318 g/mol. The van der Waals surface area contributed by atoms with Crippen molar-refractivity contribution in [2.24, 2.45) is 0 Å². The normalized spacial score (nSPS) is 13.8. The van der Waals surface area contributed by atoms with Gasteiger partial charge in [0, 0.05) is 16.1 Å². The number of rotatable bonds is 4. The predicted octanol–water partition coefficient (Wildman–Crippen LogP) is 3.67. The van der Waals surface area contributed by atoms with E-state index in [2.05, 4.69) is 31.5 Å². The largest absolute Gasteiger partial charge is 0.381 e. The van der Waals surface area contributed by atoms with Crippen molar-refractivity contribution in [3.8, 4) is 0 Å². The van der Waals surface area contributed by atoms with E-state index in [1.165, 1.54) is 12.8 Å². The first-order valence-corrected chi connectivity index (χ1v) is 7.29. The molecule has 0 radical (unpaired) electrons. The number of aromatic nitrogens is 1. The van der Waals surface area contributed by atoms with Crippen LogP contribution in [0.5, 0.6) is 0 Å². The van der Waals surface area contributed by atoms with Crippen molar-refractivity contribution >= 4 is 33.3 Å². The Morgan fingerprint density at radius 2 is 2.10 bits per heavy atom. The highest BCUT2D eigenvalue weighted by molar-refractivity contribution is 9.10. The van der Waals surface area contributed by atoms with E-state index in [4.69, 9.17) is 0 Å². The molecule has 2 aromatic rings. The highest BCUT2D eigenvalue weighted by Crippen LogP contribution is 2.24. The van der Waals surface area contributed by atoms with Gasteiger partial charge in [-0.3, -0.25) is 4.79 Å². The van der Waals surface area contributed by atoms with E-state index in [-0.39, 0.29) is 5.91 Å². The van der Waals surface area contributed by atoms with Crippen molar-refractivity contribution in [1.82, 2.24) is 4.98 Å². The van der Waals surface area contributed by atoms with Crippen LogP contribution in [-0.4, -0.2) is 16.9 Å². The molecule has 20 heavy (non-hydrogen) atoms. The van der Waals surface area contributed by atoms with E-state index < -0.39 is 0 Å². The van der Waals surface area contributed by atoms with Crippen molar-refractivity contribution in [2.45, 2.75) is 18.9 Å². The summed E-state index contributed by atoms with van der Waals surface area (Å²) >= 11 is 3.35. The maximum Gasteiger partial charge on any atom is 0.256 e. The van der Waals surface area contributed by atoms with Gasteiger partial charge in [-0.2, -0.15) is 0 Å². The smallest absolute Gasteiger partial charge is 0.256 e. The van der Waals surface area contributed by atoms with Crippen LogP contribution < -0.4 is 10.6 Å². The number of nitrogens with zero attached hydrogens (tertiary/aromatic N) is 1. The highest BCUT2D eigenvalue weighted by atomic mass is 79.9. The lowest BCUT2D eigenvalue weighted by atomic mass is 10.2. The highest BCUT2D eigenvalue weighted by Gasteiger charge is 2.20. The minimum Gasteiger partial charge on any atom is -0.381 e. The minimum atomic E-state index is -0.165. The van der Waals surface area contributed by atoms with E-state index >= 15 is 0 Å². The van der Waals surface area contributed by atoms with Gasteiger partial charge in [-0.25, -0.2) is 4.98 Å². The standard InChI is InChI=1S/C15H14BrN3O/c16-11-3-1-2-10(8-11)15(20)19-14-7-6-13(9-17-14)18-12-4-5-12/h1-3,6-9,12,18H,4-5H2,(H,17,19,20). The third-order valence-corrected chi connectivity index (χ3v) is 3.53. The molecule has 1 aromatic heterocycles. The molecule has 1 fully saturated rings. The molecule has 0 aliphatic heterocycles. The van der Waals surface area contributed by atoms with Gasteiger partial charge in [0.2, 0.25) is 0 Å². The maximum absolute atomic E-state index is 12.1. The molecule has 1 heterocycles. The molecule has 3 rings (SSSR count). The summed E-state index contributed by atoms with van der Waals surface area (Å²) in [7, 11) is 0. The van der Waals surface area contributed by atoms with Crippen molar-refractivity contribution in [1.29, 1.82) is 0 Å². The fourth-order valence-corrected chi connectivity index (χ4v) is 2.23. The van der Waals surface area contributed by atoms with Crippen LogP contribution in [0.4, 0.5) is 11.5 Å². The summed E-state index contributed by atoms with van der Waals surface area (Å²) in [6.07, 6.45) is 4.19. The Labute approximate surface area is 125 Å². The summed E-state index contributed by atoms with van der Waals surface area (Å²) < 4.78 is 0.877. The van der Waals surface area contributed by atoms with Gasteiger partial charge in [-0.1, -0.05) is 22.0 Å². The lowest BCUT2D eigenvalue weighted by molar-refractivity contribution is 0.102. The molecule has 1 saturated carbocycles. The first-order chi connectivity index (χ1) is 9.70. The molecular formula is C15H14BrN3O. The van der Waals surface area contributed by atoms with Crippen LogP contribution in [0.2, 0.25) is 0 Å². The van der Waals surface area contributed by atoms with E-state index in [0.29, 0.717) is 17.4 Å². The molecule has 0 saturated heterocycles. The quantitative estimate of drug-likeness (QED) is 0.898. The summed E-state index contributed by atoms with van der Waals surface area (Å²) in [6.45, 7) is 0. The van der Waals surface area contributed by atoms with Crippen molar-refractivity contribution in [3.63, 3.8) is 0 Å². The minimum absolute atomic E-state index is 0.165. The fourth-order valence-electron chi connectivity index (χ4n) is 1.83. The van der Waals surface area contributed by atoms with Crippen molar-refractivity contribution in [2.75, 3.05) is 10.6 Å². The van der Waals surface area contributed by atoms with Crippen LogP contribution in [0.25, 0.3) is 0 Å². The zero-order chi connectivity index (χ0) is 13.9. The molecule has 102 valence electrons. The van der Waals surface area contributed by atoms with Gasteiger partial charge >= 0.3 is 0 Å². The molecule has 4 nitrogen and oxygen atoms in total. The Bertz CT molecular complexity index is 623. The van der Waals surface area contributed by atoms with Gasteiger partial charge in [0.05, 0.1) is 11.9 Å². The Morgan fingerprint density at radius 3 is 2.75 bits per heavy atom. The van der Waals surface area contributed by atoms with Gasteiger partial charge in [0.15, 0.2) is 0 Å². The second-order valence-electron chi connectivity index (χ2n) is 4.82. The summed E-state index contributed by atoms with van der Waals surface area (Å²) in [4.78, 5) is 16.3. The van der Waals surface area contributed by atoms with Crippen LogP contribution >= 0.6 is 15.9 Å². The van der Waals surface area contributed by atoms with Crippen LogP contribution in [0.1, 0.15) is 23.2 Å². The lowest BCUT2D eigenvalue weighted by Gasteiger charge is -2.07. The number of anilines is 2. The Kier molecular flexibility index (Phi) is 3.69. The summed E-state index contributed by atoms with van der Waals surface area (Å²) in [5.74, 6) is 0.387. The Morgan fingerprint density at radius 1 is 1.25 bits per heavy atom. The van der Waals surface area contributed by atoms with Gasteiger partial charge in [-0.05, 0) is 43.2 Å². The van der Waals surface area contributed by atoms with Gasteiger partial charge in [0.1, 0.15) is 5.82 Å². The molecule has 0 atom stereocenters. The second kappa shape index (κ2) is 5.63. The summed E-state index contributed by atoms with van der Waals surface area (Å²) in [5, 5.41) is 6.14. The van der Waals surface area contributed by atoms with Gasteiger partial charge in [-0.15, -0.1) is 0 Å². The number of hydrogen-bond donors (Lipinski definition) is 2. The number of benzene rings is 1. The first-order valence-electron chi connectivity index (χ1n) is 6.50. The lowest BCUT2D eigenvalue weighted by Crippen LogP contribution is -2.13. The molecule has 1 aliphatic carbocycles. The number of carbonyl (C=O) groups excluding carboxylic acids is 1. The molecule has 0 bridgehead atoms. The number of hydrogen-bond acceptors (Lipinski definition) is 3. The fraction of sp³-hybridized carbons (Fsp3) is 0.200. The topological polar surface area (TPSA) is 54.0 Å². The number of carbonyl (C=O) groups is 1. The number of amides is 1. The average molecular weight is 332 g/mol. The van der Waals surface area contributed by atoms with E-state index in [9.17, 15) is 4.79 Å². The molecule has 1 aromatic carbocycles. The predicted molar refractivity (Wildman–Crippen MR) is 83.0 cm³/mol. The van der Waals surface area contributed by atoms with E-state index in [0.717, 1.165) is 10.2 Å². The molecule has 0 spiro atoms. The van der Waals surface area contributed by atoms with Crippen molar-refractivity contribution in [3.05, 3.63) is 52.6 Å². The van der Waals surface area contributed by atoms with Crippen LogP contribution in [-0.2, 0) is 0 Å². The zero-order valence-corrected chi connectivity index (χ0v) is 12.4. The molecule has 2 N–H and O–H groups in total. The average Bonchev–Trinajstić information content (AvgIpc) is 3.25. The third-order valence-electron chi connectivity index (χ3n) is 3.04. The van der Waals surface area contributed by atoms with E-state index in [1.54, 1.807) is 24.4 Å². The molecule has 5 heteroatoms. The molecule has 1 aliphatic rings. The van der Waals surface area contributed by atoms with Gasteiger partial charge in [0.25, 0.3) is 5.91 Å². The maximum atomic E-state index is 12.1. The first kappa shape index (κ1) is 13.1. The van der Waals surface area contributed by atoms with Crippen LogP contribution in [0.15, 0.2) is 47.1 Å². The number of nitrogens with one attached hydrogen (secondary N) is 2. The van der Waals surface area contributed by atoms with Gasteiger partial charge < -0.3 is 10.6 Å².